The Morgan fingerprint density at radius 2 is 1.59 bits per heavy atom. The molecule has 1 amide bonds. The highest BCUT2D eigenvalue weighted by molar-refractivity contribution is 5.80. The second-order valence-electron chi connectivity index (χ2n) is 3.50. The smallest absolute Gasteiger partial charge is 0.353 e. The van der Waals surface area contributed by atoms with Crippen LogP contribution in [0.5, 0.6) is 0 Å². The van der Waals surface area contributed by atoms with Crippen molar-refractivity contribution in [2.45, 2.75) is 31.7 Å². The SMILES string of the molecule is CC(CCN)NC(=O)C(C(F)(F)F)C(F)(F)F. The van der Waals surface area contributed by atoms with Gasteiger partial charge in [-0.1, -0.05) is 0 Å². The summed E-state index contributed by atoms with van der Waals surface area (Å²) in [5.41, 5.74) is 5.06. The van der Waals surface area contributed by atoms with Gasteiger partial charge in [-0.3, -0.25) is 4.79 Å². The van der Waals surface area contributed by atoms with Crippen LogP contribution < -0.4 is 11.1 Å². The van der Waals surface area contributed by atoms with Crippen LogP contribution in [0.4, 0.5) is 26.3 Å². The van der Waals surface area contributed by atoms with Crippen LogP contribution >= 0.6 is 0 Å². The third-order valence-corrected chi connectivity index (χ3v) is 1.91. The van der Waals surface area contributed by atoms with Gasteiger partial charge in [0.25, 0.3) is 0 Å². The monoisotopic (exact) mass is 266 g/mol. The Bertz CT molecular complexity index is 248. The number of hydrogen-bond donors (Lipinski definition) is 2. The third kappa shape index (κ3) is 5.24. The molecule has 17 heavy (non-hydrogen) atoms. The van der Waals surface area contributed by atoms with Gasteiger partial charge in [-0.05, 0) is 19.9 Å². The van der Waals surface area contributed by atoms with Crippen LogP contribution in [0.15, 0.2) is 0 Å². The molecule has 0 aliphatic heterocycles. The van der Waals surface area contributed by atoms with E-state index < -0.39 is 30.2 Å². The van der Waals surface area contributed by atoms with Gasteiger partial charge in [-0.2, -0.15) is 26.3 Å². The van der Waals surface area contributed by atoms with Crippen LogP contribution in [0, 0.1) is 5.92 Å². The first kappa shape index (κ1) is 16.0. The van der Waals surface area contributed by atoms with Gasteiger partial charge in [0.2, 0.25) is 11.8 Å². The molecule has 9 heteroatoms. The number of amides is 1. The third-order valence-electron chi connectivity index (χ3n) is 1.91. The Balaban J connectivity index is 4.80. The minimum atomic E-state index is -5.66. The van der Waals surface area contributed by atoms with Crippen LogP contribution in [0.25, 0.3) is 0 Å². The summed E-state index contributed by atoms with van der Waals surface area (Å²) in [6.45, 7) is 1.32. The molecule has 0 aromatic rings. The maximum absolute atomic E-state index is 12.1. The molecule has 0 aliphatic carbocycles. The molecule has 0 saturated heterocycles. The standard InChI is InChI=1S/C8H12F6N2O/c1-4(2-3-15)16-6(17)5(7(9,10)11)8(12,13)14/h4-5H,2-3,15H2,1H3,(H,16,17). The van der Waals surface area contributed by atoms with Crippen molar-refractivity contribution in [3.8, 4) is 0 Å². The van der Waals surface area contributed by atoms with Gasteiger partial charge in [0.1, 0.15) is 0 Å². The van der Waals surface area contributed by atoms with Gasteiger partial charge >= 0.3 is 12.4 Å². The van der Waals surface area contributed by atoms with E-state index in [1.807, 2.05) is 0 Å². The van der Waals surface area contributed by atoms with Crippen LogP contribution in [0.3, 0.4) is 0 Å². The van der Waals surface area contributed by atoms with Crippen molar-refractivity contribution in [3.05, 3.63) is 0 Å². The van der Waals surface area contributed by atoms with Gasteiger partial charge in [0.15, 0.2) is 0 Å². The zero-order valence-electron chi connectivity index (χ0n) is 8.82. The molecule has 1 unspecified atom stereocenters. The van der Waals surface area contributed by atoms with Gasteiger partial charge < -0.3 is 11.1 Å². The summed E-state index contributed by atoms with van der Waals surface area (Å²) in [7, 11) is 0. The summed E-state index contributed by atoms with van der Waals surface area (Å²) in [5, 5.41) is 1.64. The zero-order chi connectivity index (χ0) is 13.9. The molecule has 1 atom stereocenters. The fourth-order valence-electron chi connectivity index (χ4n) is 1.13. The van der Waals surface area contributed by atoms with E-state index in [4.69, 9.17) is 5.73 Å². The van der Waals surface area contributed by atoms with Crippen molar-refractivity contribution in [2.75, 3.05) is 6.54 Å². The Morgan fingerprint density at radius 1 is 1.18 bits per heavy atom. The number of halogens is 6. The molecule has 3 N–H and O–H groups in total. The lowest BCUT2D eigenvalue weighted by Crippen LogP contribution is -2.50. The molecule has 0 spiro atoms. The number of carbonyl (C=O) groups is 1. The van der Waals surface area contributed by atoms with E-state index in [2.05, 4.69) is 0 Å². The molecule has 102 valence electrons. The molecule has 0 bridgehead atoms. The number of nitrogens with one attached hydrogen (secondary N) is 1. The van der Waals surface area contributed by atoms with Crippen LogP contribution in [-0.4, -0.2) is 30.8 Å². The largest absolute Gasteiger partial charge is 0.409 e. The summed E-state index contributed by atoms with van der Waals surface area (Å²) in [4.78, 5) is 10.9. The lowest BCUT2D eigenvalue weighted by molar-refractivity contribution is -0.274. The number of hydrogen-bond acceptors (Lipinski definition) is 2. The first-order chi connectivity index (χ1) is 7.50. The Hall–Kier alpha value is -0.990. The van der Waals surface area contributed by atoms with E-state index >= 15 is 0 Å². The van der Waals surface area contributed by atoms with E-state index in [1.165, 1.54) is 6.92 Å². The summed E-state index contributed by atoms with van der Waals surface area (Å²) < 4.78 is 72.6. The predicted octanol–water partition coefficient (Wildman–Crippen LogP) is 1.58. The molecule has 0 aromatic carbocycles. The van der Waals surface area contributed by atoms with Crippen molar-refractivity contribution in [2.24, 2.45) is 11.7 Å². The highest BCUT2D eigenvalue weighted by atomic mass is 19.4. The molecule has 0 rings (SSSR count). The van der Waals surface area contributed by atoms with E-state index in [-0.39, 0.29) is 13.0 Å². The minimum absolute atomic E-state index is 0.0458. The molecule has 3 nitrogen and oxygen atoms in total. The predicted molar refractivity (Wildman–Crippen MR) is 46.9 cm³/mol. The molecule has 0 radical (unpaired) electrons. The summed E-state index contributed by atoms with van der Waals surface area (Å²) in [5.74, 6) is -6.11. The average molecular weight is 266 g/mol. The summed E-state index contributed by atoms with van der Waals surface area (Å²) in [6.07, 6.45) is -11.2. The Morgan fingerprint density at radius 3 is 1.88 bits per heavy atom. The van der Waals surface area contributed by atoms with Gasteiger partial charge in [0, 0.05) is 6.04 Å². The Kier molecular flexibility index (Phi) is 5.24. The maximum Gasteiger partial charge on any atom is 0.409 e. The maximum atomic E-state index is 12.1. The lowest BCUT2D eigenvalue weighted by atomic mass is 10.1. The van der Waals surface area contributed by atoms with Crippen molar-refractivity contribution < 1.29 is 31.1 Å². The second kappa shape index (κ2) is 5.56. The van der Waals surface area contributed by atoms with Crippen LogP contribution in [-0.2, 0) is 4.79 Å². The second-order valence-corrected chi connectivity index (χ2v) is 3.50. The molecule has 0 saturated carbocycles. The van der Waals surface area contributed by atoms with Crippen LogP contribution in [0.1, 0.15) is 13.3 Å². The van der Waals surface area contributed by atoms with E-state index in [0.717, 1.165) is 0 Å². The number of nitrogens with two attached hydrogens (primary N) is 1. The Labute approximate surface area is 93.3 Å². The summed E-state index contributed by atoms with van der Waals surface area (Å²) in [6, 6.07) is -0.847. The van der Waals surface area contributed by atoms with E-state index in [1.54, 1.807) is 5.32 Å². The first-order valence-electron chi connectivity index (χ1n) is 4.64. The minimum Gasteiger partial charge on any atom is -0.353 e. The highest BCUT2D eigenvalue weighted by Gasteiger charge is 2.61. The number of alkyl halides is 6. The molecule has 0 aliphatic rings. The van der Waals surface area contributed by atoms with Gasteiger partial charge in [-0.15, -0.1) is 0 Å². The topological polar surface area (TPSA) is 55.1 Å². The van der Waals surface area contributed by atoms with Crippen molar-refractivity contribution in [1.82, 2.24) is 5.32 Å². The summed E-state index contributed by atoms with van der Waals surface area (Å²) >= 11 is 0. The zero-order valence-corrected chi connectivity index (χ0v) is 8.82. The van der Waals surface area contributed by atoms with Gasteiger partial charge in [-0.25, -0.2) is 0 Å². The molecular weight excluding hydrogens is 254 g/mol. The molecule has 0 fully saturated rings. The normalized spacial score (nSPS) is 14.9. The van der Waals surface area contributed by atoms with Crippen molar-refractivity contribution >= 4 is 5.91 Å². The first-order valence-corrected chi connectivity index (χ1v) is 4.64. The number of rotatable bonds is 4. The quantitative estimate of drug-likeness (QED) is 0.759. The lowest BCUT2D eigenvalue weighted by Gasteiger charge is -2.23. The van der Waals surface area contributed by atoms with E-state index in [9.17, 15) is 31.1 Å². The van der Waals surface area contributed by atoms with Gasteiger partial charge in [0.05, 0.1) is 0 Å². The average Bonchev–Trinajstić information content (AvgIpc) is 1.96. The van der Waals surface area contributed by atoms with Crippen molar-refractivity contribution in [1.29, 1.82) is 0 Å². The molecular formula is C8H12F6N2O. The van der Waals surface area contributed by atoms with Crippen molar-refractivity contribution in [3.63, 3.8) is 0 Å². The molecule has 0 aromatic heterocycles. The highest BCUT2D eigenvalue weighted by Crippen LogP contribution is 2.39. The van der Waals surface area contributed by atoms with Crippen LogP contribution in [0.2, 0.25) is 0 Å². The number of carbonyl (C=O) groups excluding carboxylic acids is 1. The fraction of sp³-hybridized carbons (Fsp3) is 0.875. The molecule has 0 heterocycles. The fourth-order valence-corrected chi connectivity index (χ4v) is 1.13. The van der Waals surface area contributed by atoms with E-state index in [0.29, 0.717) is 0 Å².